The molecular weight excluding hydrogens is 540 g/mol. The van der Waals surface area contributed by atoms with E-state index in [0.29, 0.717) is 32.7 Å². The lowest BCUT2D eigenvalue weighted by molar-refractivity contribution is -0.179. The molecule has 1 saturated heterocycles. The van der Waals surface area contributed by atoms with E-state index in [1.165, 1.54) is 10.8 Å². The zero-order valence-electron chi connectivity index (χ0n) is 25.1. The van der Waals surface area contributed by atoms with Gasteiger partial charge in [-0.05, 0) is 66.3 Å². The highest BCUT2D eigenvalue weighted by Crippen LogP contribution is 2.32. The molecule has 7 heteroatoms. The van der Waals surface area contributed by atoms with Crippen molar-refractivity contribution in [1.29, 1.82) is 0 Å². The maximum Gasteiger partial charge on any atom is 0.528 e. The van der Waals surface area contributed by atoms with E-state index in [1.54, 1.807) is 5.06 Å². The van der Waals surface area contributed by atoms with Crippen molar-refractivity contribution in [2.75, 3.05) is 13.1 Å². The van der Waals surface area contributed by atoms with Gasteiger partial charge < -0.3 is 19.6 Å². The first kappa shape index (κ1) is 30.3. The summed E-state index contributed by atoms with van der Waals surface area (Å²) in [5.41, 5.74) is 3.63. The summed E-state index contributed by atoms with van der Waals surface area (Å²) in [5.74, 6) is 0.107. The standard InChI is InChI=1S/C36H40N2O5/c1-36(2,3)42-35(40)43-38-20-19-32(33(24-38)41-25-28-15-16-29-11-7-8-12-31(29)21-28)30-17-13-27(14-18-30)23-37-34(39)22-26-9-5-4-6-10-26/h4-18,21,32-33H,19-20,22-25H2,1-3H3,(H,37,39). The van der Waals surface area contributed by atoms with Gasteiger partial charge in [0.1, 0.15) is 5.60 Å². The van der Waals surface area contributed by atoms with E-state index in [2.05, 4.69) is 59.9 Å². The molecule has 2 atom stereocenters. The molecule has 0 radical (unpaired) electrons. The molecule has 4 aromatic rings. The number of piperidine rings is 1. The molecule has 0 aromatic heterocycles. The third kappa shape index (κ3) is 8.89. The van der Waals surface area contributed by atoms with Crippen molar-refractivity contribution in [3.63, 3.8) is 0 Å². The van der Waals surface area contributed by atoms with Crippen molar-refractivity contribution in [3.05, 3.63) is 119 Å². The third-order valence-corrected chi connectivity index (χ3v) is 7.50. The monoisotopic (exact) mass is 580 g/mol. The normalized spacial score (nSPS) is 17.4. The number of nitrogens with zero attached hydrogens (tertiary/aromatic N) is 1. The molecule has 5 rings (SSSR count). The van der Waals surface area contributed by atoms with Gasteiger partial charge in [0.2, 0.25) is 5.91 Å². The van der Waals surface area contributed by atoms with Crippen molar-refractivity contribution in [3.8, 4) is 0 Å². The molecule has 4 aromatic carbocycles. The molecule has 1 fully saturated rings. The molecule has 0 bridgehead atoms. The van der Waals surface area contributed by atoms with Crippen LogP contribution in [0.25, 0.3) is 10.8 Å². The summed E-state index contributed by atoms with van der Waals surface area (Å²) in [7, 11) is 0. The van der Waals surface area contributed by atoms with Gasteiger partial charge >= 0.3 is 6.16 Å². The number of hydrogen-bond donors (Lipinski definition) is 1. The van der Waals surface area contributed by atoms with Crippen LogP contribution in [-0.4, -0.2) is 41.9 Å². The predicted octanol–water partition coefficient (Wildman–Crippen LogP) is 6.94. The number of hydroxylamine groups is 2. The van der Waals surface area contributed by atoms with Gasteiger partial charge in [0.05, 0.1) is 25.7 Å². The number of hydrogen-bond acceptors (Lipinski definition) is 6. The SMILES string of the molecule is CC(C)(C)OC(=O)ON1CCC(c2ccc(CNC(=O)Cc3ccccc3)cc2)C(OCc2ccc3ccccc3c2)C1. The van der Waals surface area contributed by atoms with Gasteiger partial charge in [0, 0.05) is 19.0 Å². The van der Waals surface area contributed by atoms with Crippen molar-refractivity contribution in [2.45, 2.75) is 64.4 Å². The Balaban J connectivity index is 1.24. The van der Waals surface area contributed by atoms with Crippen LogP contribution >= 0.6 is 0 Å². The fourth-order valence-electron chi connectivity index (χ4n) is 5.35. The lowest BCUT2D eigenvalue weighted by Gasteiger charge is -2.37. The molecule has 0 spiro atoms. The minimum Gasteiger partial charge on any atom is -0.427 e. The highest BCUT2D eigenvalue weighted by atomic mass is 16.8. The summed E-state index contributed by atoms with van der Waals surface area (Å²) in [4.78, 5) is 30.4. The van der Waals surface area contributed by atoms with Gasteiger partial charge in [-0.2, -0.15) is 0 Å². The Morgan fingerprint density at radius 1 is 0.837 bits per heavy atom. The summed E-state index contributed by atoms with van der Waals surface area (Å²) in [6.07, 6.45) is 0.189. The lowest BCUT2D eigenvalue weighted by atomic mass is 9.87. The number of nitrogens with one attached hydrogen (secondary N) is 1. The van der Waals surface area contributed by atoms with Gasteiger partial charge in [-0.15, -0.1) is 5.06 Å². The Hall–Kier alpha value is -4.20. The van der Waals surface area contributed by atoms with Crippen molar-refractivity contribution >= 4 is 22.8 Å². The minimum atomic E-state index is -0.710. The maximum atomic E-state index is 12.4. The Bertz CT molecular complexity index is 1510. The molecule has 43 heavy (non-hydrogen) atoms. The second-order valence-electron chi connectivity index (χ2n) is 12.1. The van der Waals surface area contributed by atoms with Crippen LogP contribution < -0.4 is 5.32 Å². The third-order valence-electron chi connectivity index (χ3n) is 7.50. The van der Waals surface area contributed by atoms with Crippen molar-refractivity contribution in [2.24, 2.45) is 0 Å². The van der Waals surface area contributed by atoms with E-state index < -0.39 is 11.8 Å². The summed E-state index contributed by atoms with van der Waals surface area (Å²) < 4.78 is 11.9. The quantitative estimate of drug-likeness (QED) is 0.216. The number of carbonyl (C=O) groups excluding carboxylic acids is 2. The van der Waals surface area contributed by atoms with Crippen LogP contribution in [0.4, 0.5) is 4.79 Å². The molecule has 224 valence electrons. The van der Waals surface area contributed by atoms with Crippen LogP contribution in [0.3, 0.4) is 0 Å². The fraction of sp³-hybridized carbons (Fsp3) is 0.333. The van der Waals surface area contributed by atoms with Crippen LogP contribution in [0.5, 0.6) is 0 Å². The molecule has 0 aliphatic carbocycles. The first-order valence-electron chi connectivity index (χ1n) is 14.9. The molecule has 1 heterocycles. The Labute approximate surface area is 253 Å². The fourth-order valence-corrected chi connectivity index (χ4v) is 5.35. The highest BCUT2D eigenvalue weighted by Gasteiger charge is 2.34. The van der Waals surface area contributed by atoms with Crippen LogP contribution in [0.1, 0.15) is 55.4 Å². The number of carbonyl (C=O) groups is 2. The molecule has 0 saturated carbocycles. The van der Waals surface area contributed by atoms with Gasteiger partial charge in [0.25, 0.3) is 0 Å². The maximum absolute atomic E-state index is 12.4. The topological polar surface area (TPSA) is 77.1 Å². The summed E-state index contributed by atoms with van der Waals surface area (Å²) in [6.45, 7) is 7.34. The van der Waals surface area contributed by atoms with E-state index in [1.807, 2.05) is 63.2 Å². The summed E-state index contributed by atoms with van der Waals surface area (Å²) in [6, 6.07) is 32.7. The number of fused-ring (bicyclic) bond motifs is 1. The van der Waals surface area contributed by atoms with Gasteiger partial charge in [-0.25, -0.2) is 4.79 Å². The van der Waals surface area contributed by atoms with Crippen LogP contribution in [0.15, 0.2) is 97.1 Å². The largest absolute Gasteiger partial charge is 0.528 e. The minimum absolute atomic E-state index is 0.00482. The number of ether oxygens (including phenoxy) is 2. The van der Waals surface area contributed by atoms with E-state index in [9.17, 15) is 9.59 Å². The van der Waals surface area contributed by atoms with Gasteiger partial charge in [0.15, 0.2) is 0 Å². The summed E-state index contributed by atoms with van der Waals surface area (Å²) >= 11 is 0. The molecular formula is C36H40N2O5. The van der Waals surface area contributed by atoms with E-state index in [0.717, 1.165) is 28.7 Å². The predicted molar refractivity (Wildman–Crippen MR) is 167 cm³/mol. The average molecular weight is 581 g/mol. The first-order valence-corrected chi connectivity index (χ1v) is 14.9. The van der Waals surface area contributed by atoms with E-state index >= 15 is 0 Å². The average Bonchev–Trinajstić information content (AvgIpc) is 2.99. The number of amides is 1. The van der Waals surface area contributed by atoms with Crippen LogP contribution in [0, 0.1) is 0 Å². The molecule has 1 aliphatic heterocycles. The van der Waals surface area contributed by atoms with E-state index in [-0.39, 0.29) is 17.9 Å². The molecule has 1 amide bonds. The Morgan fingerprint density at radius 3 is 2.28 bits per heavy atom. The smallest absolute Gasteiger partial charge is 0.427 e. The summed E-state index contributed by atoms with van der Waals surface area (Å²) in [5, 5.41) is 7.02. The van der Waals surface area contributed by atoms with Crippen LogP contribution in [0.2, 0.25) is 0 Å². The number of rotatable bonds is 9. The second-order valence-corrected chi connectivity index (χ2v) is 12.1. The zero-order valence-corrected chi connectivity index (χ0v) is 25.1. The van der Waals surface area contributed by atoms with E-state index in [4.69, 9.17) is 14.3 Å². The van der Waals surface area contributed by atoms with Gasteiger partial charge in [-0.3, -0.25) is 4.79 Å². The molecule has 7 nitrogen and oxygen atoms in total. The number of benzene rings is 4. The van der Waals surface area contributed by atoms with Crippen molar-refractivity contribution < 1.29 is 23.9 Å². The Kier molecular flexibility index (Phi) is 9.75. The first-order chi connectivity index (χ1) is 20.7. The highest BCUT2D eigenvalue weighted by molar-refractivity contribution is 5.83. The van der Waals surface area contributed by atoms with Crippen LogP contribution in [-0.2, 0) is 38.7 Å². The Morgan fingerprint density at radius 2 is 1.53 bits per heavy atom. The molecule has 1 aliphatic rings. The van der Waals surface area contributed by atoms with Crippen molar-refractivity contribution in [1.82, 2.24) is 10.4 Å². The second kappa shape index (κ2) is 13.8. The molecule has 1 N–H and O–H groups in total. The lowest BCUT2D eigenvalue weighted by Crippen LogP contribution is -2.45. The zero-order chi connectivity index (χ0) is 30.2. The van der Waals surface area contributed by atoms with Gasteiger partial charge in [-0.1, -0.05) is 91.0 Å². The molecule has 2 unspecified atom stereocenters.